The third-order valence-corrected chi connectivity index (χ3v) is 3.25. The van der Waals surface area contributed by atoms with E-state index in [4.69, 9.17) is 16.3 Å². The number of nitrogens with one attached hydrogen (secondary N) is 1. The highest BCUT2D eigenvalue weighted by Gasteiger charge is 2.11. The van der Waals surface area contributed by atoms with Crippen LogP contribution in [0.2, 0.25) is 5.15 Å². The Bertz CT molecular complexity index is 619. The quantitative estimate of drug-likeness (QED) is 0.933. The van der Waals surface area contributed by atoms with Crippen molar-refractivity contribution in [1.82, 2.24) is 10.2 Å². The van der Waals surface area contributed by atoms with E-state index >= 15 is 0 Å². The van der Waals surface area contributed by atoms with Crippen molar-refractivity contribution in [1.29, 1.82) is 0 Å². The van der Waals surface area contributed by atoms with Gasteiger partial charge in [0.2, 0.25) is 0 Å². The summed E-state index contributed by atoms with van der Waals surface area (Å²) >= 11 is 5.87. The Morgan fingerprint density at radius 2 is 1.95 bits per heavy atom. The van der Waals surface area contributed by atoms with E-state index in [0.29, 0.717) is 16.7 Å². The Balaban J connectivity index is 2.39. The van der Waals surface area contributed by atoms with Gasteiger partial charge in [0, 0.05) is 6.07 Å². The number of hydrogen-bond donors (Lipinski definition) is 1. The molecule has 0 spiro atoms. The van der Waals surface area contributed by atoms with Gasteiger partial charge in [0.15, 0.2) is 11.0 Å². The Labute approximate surface area is 115 Å². The molecule has 0 saturated heterocycles. The van der Waals surface area contributed by atoms with Gasteiger partial charge in [0.05, 0.1) is 12.8 Å². The first kappa shape index (κ1) is 13.5. The smallest absolute Gasteiger partial charge is 0.156 e. The van der Waals surface area contributed by atoms with E-state index in [0.717, 1.165) is 11.1 Å². The van der Waals surface area contributed by atoms with E-state index in [1.807, 2.05) is 13.8 Å². The number of benzene rings is 1. The van der Waals surface area contributed by atoms with Gasteiger partial charge in [-0.05, 0) is 37.1 Å². The third kappa shape index (κ3) is 2.76. The molecule has 0 amide bonds. The molecule has 100 valence electrons. The molecule has 0 fully saturated rings. The molecular weight excluding hydrogens is 269 g/mol. The number of halogens is 2. The summed E-state index contributed by atoms with van der Waals surface area (Å²) in [6, 6.07) is 4.43. The second kappa shape index (κ2) is 5.40. The van der Waals surface area contributed by atoms with Gasteiger partial charge in [-0.3, -0.25) is 0 Å². The maximum Gasteiger partial charge on any atom is 0.156 e. The molecule has 0 radical (unpaired) electrons. The molecule has 0 aliphatic rings. The van der Waals surface area contributed by atoms with E-state index in [9.17, 15) is 4.39 Å². The first-order chi connectivity index (χ1) is 9.02. The van der Waals surface area contributed by atoms with Crippen molar-refractivity contribution >= 4 is 23.1 Å². The first-order valence-electron chi connectivity index (χ1n) is 5.63. The lowest BCUT2D eigenvalue weighted by Gasteiger charge is -2.12. The lowest BCUT2D eigenvalue weighted by molar-refractivity contribution is 0.414. The van der Waals surface area contributed by atoms with Crippen molar-refractivity contribution in [3.05, 3.63) is 40.3 Å². The standard InChI is InChI=1S/C13H13ClFN3O/c1-7-8(2)13(18-17-12(7)14)16-11-6-9(19-3)4-5-10(11)15/h4-6H,1-3H3,(H,16,18). The minimum atomic E-state index is -0.394. The Morgan fingerprint density at radius 3 is 2.63 bits per heavy atom. The Hall–Kier alpha value is -1.88. The zero-order chi connectivity index (χ0) is 14.0. The van der Waals surface area contributed by atoms with Gasteiger partial charge < -0.3 is 10.1 Å². The fourth-order valence-electron chi connectivity index (χ4n) is 1.55. The van der Waals surface area contributed by atoms with Crippen LogP contribution in [0, 0.1) is 19.7 Å². The van der Waals surface area contributed by atoms with E-state index in [2.05, 4.69) is 15.5 Å². The lowest BCUT2D eigenvalue weighted by atomic mass is 10.2. The summed E-state index contributed by atoms with van der Waals surface area (Å²) in [6.45, 7) is 3.68. The minimum Gasteiger partial charge on any atom is -0.497 e. The topological polar surface area (TPSA) is 47.0 Å². The average Bonchev–Trinajstić information content (AvgIpc) is 2.41. The van der Waals surface area contributed by atoms with Crippen molar-refractivity contribution in [2.75, 3.05) is 12.4 Å². The van der Waals surface area contributed by atoms with Crippen molar-refractivity contribution in [2.45, 2.75) is 13.8 Å². The summed E-state index contributed by atoms with van der Waals surface area (Å²) in [5.74, 6) is 0.629. The van der Waals surface area contributed by atoms with Crippen LogP contribution in [0.1, 0.15) is 11.1 Å². The number of nitrogens with zero attached hydrogens (tertiary/aromatic N) is 2. The van der Waals surface area contributed by atoms with Crippen molar-refractivity contribution in [3.8, 4) is 5.75 Å². The van der Waals surface area contributed by atoms with E-state index in [1.165, 1.54) is 13.2 Å². The van der Waals surface area contributed by atoms with Gasteiger partial charge in [0.25, 0.3) is 0 Å². The maximum absolute atomic E-state index is 13.7. The summed E-state index contributed by atoms with van der Waals surface area (Å²) in [5, 5.41) is 11.0. The van der Waals surface area contributed by atoms with Crippen LogP contribution in [0.25, 0.3) is 0 Å². The van der Waals surface area contributed by atoms with Gasteiger partial charge in [-0.1, -0.05) is 11.6 Å². The van der Waals surface area contributed by atoms with E-state index in [-0.39, 0.29) is 5.69 Å². The van der Waals surface area contributed by atoms with Crippen LogP contribution in [0.15, 0.2) is 18.2 Å². The highest BCUT2D eigenvalue weighted by Crippen LogP contribution is 2.27. The molecule has 1 aromatic heterocycles. The normalized spacial score (nSPS) is 10.4. The molecule has 2 aromatic rings. The van der Waals surface area contributed by atoms with Crippen LogP contribution in [-0.2, 0) is 0 Å². The zero-order valence-electron chi connectivity index (χ0n) is 10.8. The largest absolute Gasteiger partial charge is 0.497 e. The molecule has 1 aromatic carbocycles. The second-order valence-electron chi connectivity index (χ2n) is 4.06. The van der Waals surface area contributed by atoms with Crippen LogP contribution in [0.5, 0.6) is 5.75 Å². The van der Waals surface area contributed by atoms with Crippen LogP contribution < -0.4 is 10.1 Å². The molecule has 0 atom stereocenters. The molecule has 4 nitrogen and oxygen atoms in total. The molecule has 0 aliphatic carbocycles. The third-order valence-electron chi connectivity index (χ3n) is 2.89. The van der Waals surface area contributed by atoms with Crippen molar-refractivity contribution in [2.24, 2.45) is 0 Å². The summed E-state index contributed by atoms with van der Waals surface area (Å²) in [5.41, 5.74) is 1.91. The van der Waals surface area contributed by atoms with Crippen LogP contribution in [0.3, 0.4) is 0 Å². The highest BCUT2D eigenvalue weighted by atomic mass is 35.5. The molecule has 19 heavy (non-hydrogen) atoms. The summed E-state index contributed by atoms with van der Waals surface area (Å²) in [7, 11) is 1.52. The molecule has 0 unspecified atom stereocenters. The maximum atomic E-state index is 13.7. The molecule has 2 rings (SSSR count). The monoisotopic (exact) mass is 281 g/mol. The molecule has 0 saturated carbocycles. The molecule has 1 N–H and O–H groups in total. The number of aromatic nitrogens is 2. The second-order valence-corrected chi connectivity index (χ2v) is 4.42. The number of methoxy groups -OCH3 is 1. The zero-order valence-corrected chi connectivity index (χ0v) is 11.5. The minimum absolute atomic E-state index is 0.276. The predicted molar refractivity (Wildman–Crippen MR) is 72.8 cm³/mol. The molecular formula is C13H13ClFN3O. The summed E-state index contributed by atoms with van der Waals surface area (Å²) in [6.07, 6.45) is 0. The van der Waals surface area contributed by atoms with Crippen LogP contribution in [-0.4, -0.2) is 17.3 Å². The molecule has 0 aliphatic heterocycles. The summed E-state index contributed by atoms with van der Waals surface area (Å²) in [4.78, 5) is 0. The molecule has 0 bridgehead atoms. The Morgan fingerprint density at radius 1 is 1.21 bits per heavy atom. The number of rotatable bonds is 3. The van der Waals surface area contributed by atoms with Crippen molar-refractivity contribution in [3.63, 3.8) is 0 Å². The fourth-order valence-corrected chi connectivity index (χ4v) is 1.73. The molecule has 6 heteroatoms. The van der Waals surface area contributed by atoms with Gasteiger partial charge in [0.1, 0.15) is 11.6 Å². The number of anilines is 2. The highest BCUT2D eigenvalue weighted by molar-refractivity contribution is 6.30. The summed E-state index contributed by atoms with van der Waals surface area (Å²) < 4.78 is 18.8. The number of hydrogen-bond acceptors (Lipinski definition) is 4. The van der Waals surface area contributed by atoms with Gasteiger partial charge >= 0.3 is 0 Å². The van der Waals surface area contributed by atoms with E-state index in [1.54, 1.807) is 12.1 Å². The van der Waals surface area contributed by atoms with E-state index < -0.39 is 5.82 Å². The van der Waals surface area contributed by atoms with Gasteiger partial charge in [-0.25, -0.2) is 4.39 Å². The van der Waals surface area contributed by atoms with Gasteiger partial charge in [-0.15, -0.1) is 10.2 Å². The first-order valence-corrected chi connectivity index (χ1v) is 6.00. The van der Waals surface area contributed by atoms with Crippen LogP contribution in [0.4, 0.5) is 15.9 Å². The number of ether oxygens (including phenoxy) is 1. The van der Waals surface area contributed by atoms with Gasteiger partial charge in [-0.2, -0.15) is 0 Å². The predicted octanol–water partition coefficient (Wildman–Crippen LogP) is 3.64. The fraction of sp³-hybridized carbons (Fsp3) is 0.231. The van der Waals surface area contributed by atoms with Crippen LogP contribution >= 0.6 is 11.6 Å². The average molecular weight is 282 g/mol. The lowest BCUT2D eigenvalue weighted by Crippen LogP contribution is -2.03. The SMILES string of the molecule is COc1ccc(F)c(Nc2nnc(Cl)c(C)c2C)c1. The Kier molecular flexibility index (Phi) is 3.85. The molecule has 1 heterocycles. The van der Waals surface area contributed by atoms with Crippen molar-refractivity contribution < 1.29 is 9.13 Å².